The van der Waals surface area contributed by atoms with Crippen molar-refractivity contribution in [2.45, 2.75) is 0 Å². The van der Waals surface area contributed by atoms with Crippen LogP contribution in [0.3, 0.4) is 0 Å². The number of hydrogen-bond acceptors (Lipinski definition) is 5. The molecule has 0 aliphatic carbocycles. The van der Waals surface area contributed by atoms with E-state index in [1.54, 1.807) is 11.3 Å². The summed E-state index contributed by atoms with van der Waals surface area (Å²) < 4.78 is 8.64. The van der Waals surface area contributed by atoms with Crippen molar-refractivity contribution in [1.29, 1.82) is 0 Å². The van der Waals surface area contributed by atoms with Crippen LogP contribution in [0.4, 0.5) is 0 Å². The number of hydrogen-bond donors (Lipinski definition) is 0. The summed E-state index contributed by atoms with van der Waals surface area (Å²) in [5, 5.41) is 2.31. The molecular weight excluding hydrogens is 775 g/mol. The molecule has 4 nitrogen and oxygen atoms in total. The molecule has 0 saturated heterocycles. The Balaban J connectivity index is 1.01. The molecule has 0 radical (unpaired) electrons. The highest BCUT2D eigenvalue weighted by molar-refractivity contribution is 7.26. The second-order valence-corrected chi connectivity index (χ2v) is 16.2. The van der Waals surface area contributed by atoms with E-state index in [-0.39, 0.29) is 0 Å². The van der Waals surface area contributed by atoms with Crippen LogP contribution in [0.1, 0.15) is 0 Å². The highest BCUT2D eigenvalue weighted by Crippen LogP contribution is 2.42. The van der Waals surface area contributed by atoms with Crippen LogP contribution in [0.5, 0.6) is 11.5 Å². The molecule has 9 aromatic carbocycles. The van der Waals surface area contributed by atoms with Crippen molar-refractivity contribution in [2.24, 2.45) is 0 Å². The smallest absolute Gasteiger partial charge is 0.164 e. The average Bonchev–Trinajstić information content (AvgIpc) is 3.73. The quantitative estimate of drug-likeness (QED) is 0.146. The summed E-state index contributed by atoms with van der Waals surface area (Å²) in [6.07, 6.45) is 0. The minimum absolute atomic E-state index is 0.602. The molecule has 2 heterocycles. The van der Waals surface area contributed by atoms with Gasteiger partial charge in [-0.15, -0.1) is 11.3 Å². The minimum atomic E-state index is 0.602. The lowest BCUT2D eigenvalue weighted by Crippen LogP contribution is -2.01. The predicted octanol–water partition coefficient (Wildman–Crippen LogP) is 15.7. The molecule has 5 heteroatoms. The highest BCUT2D eigenvalue weighted by atomic mass is 32.1. The topological polar surface area (TPSA) is 47.9 Å². The van der Waals surface area contributed by atoms with Crippen LogP contribution in [0, 0.1) is 0 Å². The van der Waals surface area contributed by atoms with Crippen molar-refractivity contribution in [2.75, 3.05) is 0 Å². The number of para-hydroxylation sites is 1. The lowest BCUT2D eigenvalue weighted by atomic mass is 9.93. The van der Waals surface area contributed by atoms with Gasteiger partial charge in [0.15, 0.2) is 17.5 Å². The normalized spacial score (nSPS) is 11.2. The largest absolute Gasteiger partial charge is 0.457 e. The number of nitrogens with zero attached hydrogens (tertiary/aromatic N) is 3. The Bertz CT molecular complexity index is 3370. The predicted molar refractivity (Wildman–Crippen MR) is 257 cm³/mol. The molecule has 0 unspecified atom stereocenters. The molecule has 292 valence electrons. The Kier molecular flexibility index (Phi) is 9.69. The maximum absolute atomic E-state index is 6.25. The van der Waals surface area contributed by atoms with Crippen molar-refractivity contribution in [3.8, 4) is 90.2 Å². The summed E-state index contributed by atoms with van der Waals surface area (Å²) in [6.45, 7) is 0. The van der Waals surface area contributed by atoms with Gasteiger partial charge in [0.2, 0.25) is 0 Å². The average molecular weight is 812 g/mol. The molecule has 0 atom stereocenters. The molecule has 0 N–H and O–H groups in total. The third-order valence-electron chi connectivity index (χ3n) is 11.2. The zero-order valence-corrected chi connectivity index (χ0v) is 34.3. The Morgan fingerprint density at radius 1 is 0.290 bits per heavy atom. The van der Waals surface area contributed by atoms with Crippen LogP contribution in [0.15, 0.2) is 224 Å². The molecule has 2 aromatic heterocycles. The van der Waals surface area contributed by atoms with Gasteiger partial charge in [0.1, 0.15) is 11.5 Å². The summed E-state index contributed by atoms with van der Waals surface area (Å²) in [4.78, 5) is 15.7. The molecule has 0 bridgehead atoms. The molecule has 0 spiro atoms. The maximum atomic E-state index is 6.25. The zero-order chi connectivity index (χ0) is 41.2. The van der Waals surface area contributed by atoms with Crippen molar-refractivity contribution >= 4 is 31.5 Å². The fourth-order valence-electron chi connectivity index (χ4n) is 8.25. The number of aromatic nitrogens is 3. The van der Waals surface area contributed by atoms with E-state index in [2.05, 4.69) is 158 Å². The van der Waals surface area contributed by atoms with Crippen molar-refractivity contribution in [3.05, 3.63) is 224 Å². The van der Waals surface area contributed by atoms with E-state index in [0.717, 1.165) is 55.8 Å². The summed E-state index contributed by atoms with van der Waals surface area (Å²) in [5.41, 5.74) is 12.0. The first kappa shape index (κ1) is 37.0. The molecule has 0 fully saturated rings. The van der Waals surface area contributed by atoms with Crippen LogP contribution in [0.25, 0.3) is 98.8 Å². The lowest BCUT2D eigenvalue weighted by molar-refractivity contribution is 0.483. The first-order chi connectivity index (χ1) is 30.7. The first-order valence-electron chi connectivity index (χ1n) is 20.7. The van der Waals surface area contributed by atoms with E-state index < -0.39 is 0 Å². The van der Waals surface area contributed by atoms with E-state index >= 15 is 0 Å². The maximum Gasteiger partial charge on any atom is 0.164 e. The molecule has 0 amide bonds. The zero-order valence-electron chi connectivity index (χ0n) is 33.5. The second kappa shape index (κ2) is 16.2. The van der Waals surface area contributed by atoms with Crippen molar-refractivity contribution in [1.82, 2.24) is 15.0 Å². The molecule has 11 rings (SSSR count). The van der Waals surface area contributed by atoms with E-state index in [1.165, 1.54) is 37.0 Å². The van der Waals surface area contributed by atoms with Gasteiger partial charge >= 0.3 is 0 Å². The number of rotatable bonds is 9. The van der Waals surface area contributed by atoms with Crippen molar-refractivity contribution in [3.63, 3.8) is 0 Å². The monoisotopic (exact) mass is 811 g/mol. The van der Waals surface area contributed by atoms with E-state index in [4.69, 9.17) is 19.7 Å². The number of benzene rings is 9. The Morgan fingerprint density at radius 2 is 0.774 bits per heavy atom. The lowest BCUT2D eigenvalue weighted by Gasteiger charge is -2.13. The molecule has 0 saturated carbocycles. The van der Waals surface area contributed by atoms with Gasteiger partial charge < -0.3 is 4.74 Å². The van der Waals surface area contributed by atoms with Gasteiger partial charge in [-0.3, -0.25) is 0 Å². The molecule has 62 heavy (non-hydrogen) atoms. The Hall–Kier alpha value is -7.99. The standard InChI is InChI=1S/C57H37N3OS/c1-4-16-39(17-5-1)46-24-10-11-25-47(46)40-32-30-38(31-33-40)42-34-35-52-51(37-42)54-50(28-15-29-53(54)62-52)57-59-55(41-18-6-2-7-19-41)58-56(60-57)49-27-13-12-26-48(49)43-20-14-23-45(36-43)61-44-21-8-3-9-22-44/h1-37H. The van der Waals surface area contributed by atoms with E-state index in [1.807, 2.05) is 66.7 Å². The van der Waals surface area contributed by atoms with Crippen LogP contribution in [0.2, 0.25) is 0 Å². The second-order valence-electron chi connectivity index (χ2n) is 15.1. The van der Waals surface area contributed by atoms with Crippen LogP contribution in [-0.2, 0) is 0 Å². The highest BCUT2D eigenvalue weighted by Gasteiger charge is 2.19. The molecule has 11 aromatic rings. The van der Waals surface area contributed by atoms with Crippen LogP contribution in [-0.4, -0.2) is 15.0 Å². The van der Waals surface area contributed by atoms with E-state index in [9.17, 15) is 0 Å². The van der Waals surface area contributed by atoms with Gasteiger partial charge in [0.25, 0.3) is 0 Å². The molecule has 0 aliphatic heterocycles. The summed E-state index contributed by atoms with van der Waals surface area (Å²) in [6, 6.07) is 77.9. The first-order valence-corrected chi connectivity index (χ1v) is 21.5. The van der Waals surface area contributed by atoms with E-state index in [0.29, 0.717) is 17.5 Å². The fourth-order valence-corrected chi connectivity index (χ4v) is 9.37. The van der Waals surface area contributed by atoms with Gasteiger partial charge in [0, 0.05) is 36.9 Å². The number of thiophene rings is 1. The Morgan fingerprint density at radius 3 is 1.48 bits per heavy atom. The molecule has 0 aliphatic rings. The van der Waals surface area contributed by atoms with Gasteiger partial charge in [0.05, 0.1) is 0 Å². The SMILES string of the molecule is c1ccc(Oc2cccc(-c3ccccc3-c3nc(-c4ccccc4)nc(-c4cccc5sc6ccc(-c7ccc(-c8ccccc8-c8ccccc8)cc7)cc6c45)n3)c2)cc1. The summed E-state index contributed by atoms with van der Waals surface area (Å²) in [5.74, 6) is 3.39. The fraction of sp³-hybridized carbons (Fsp3) is 0. The summed E-state index contributed by atoms with van der Waals surface area (Å²) >= 11 is 1.79. The number of ether oxygens (including phenoxy) is 1. The van der Waals surface area contributed by atoms with Gasteiger partial charge in [-0.2, -0.15) is 0 Å². The number of fused-ring (bicyclic) bond motifs is 3. The van der Waals surface area contributed by atoms with Gasteiger partial charge in [-0.25, -0.2) is 15.0 Å². The third-order valence-corrected chi connectivity index (χ3v) is 12.4. The van der Waals surface area contributed by atoms with Crippen molar-refractivity contribution < 1.29 is 4.74 Å². The Labute approximate surface area is 364 Å². The minimum Gasteiger partial charge on any atom is -0.457 e. The van der Waals surface area contributed by atoms with Crippen LogP contribution < -0.4 is 4.74 Å². The van der Waals surface area contributed by atoms with Gasteiger partial charge in [-0.05, 0) is 87.0 Å². The third kappa shape index (κ3) is 7.21. The van der Waals surface area contributed by atoms with Gasteiger partial charge in [-0.1, -0.05) is 182 Å². The molecular formula is C57H37N3OS. The summed E-state index contributed by atoms with van der Waals surface area (Å²) in [7, 11) is 0. The van der Waals surface area contributed by atoms with Crippen LogP contribution >= 0.6 is 11.3 Å².